The highest BCUT2D eigenvalue weighted by Crippen LogP contribution is 2.24. The van der Waals surface area contributed by atoms with E-state index in [9.17, 15) is 18.0 Å². The Bertz CT molecular complexity index is 738. The normalized spacial score (nSPS) is 16.4. The molecule has 0 unspecified atom stereocenters. The smallest absolute Gasteiger partial charge is 0.349 e. The molecule has 138 valence electrons. The molecule has 1 aliphatic rings. The summed E-state index contributed by atoms with van der Waals surface area (Å²) in [6, 6.07) is 16.9. The fourth-order valence-corrected chi connectivity index (χ4v) is 3.30. The number of nitrogens with zero attached hydrogens (tertiary/aromatic N) is 1. The van der Waals surface area contributed by atoms with Gasteiger partial charge in [-0.3, -0.25) is 9.69 Å². The molecule has 0 spiro atoms. The van der Waals surface area contributed by atoms with E-state index in [1.165, 1.54) is 4.90 Å². The number of amides is 1. The van der Waals surface area contributed by atoms with Crippen molar-refractivity contribution in [2.75, 3.05) is 19.6 Å². The van der Waals surface area contributed by atoms with Crippen molar-refractivity contribution in [3.63, 3.8) is 0 Å². The van der Waals surface area contributed by atoms with Crippen molar-refractivity contribution < 1.29 is 18.0 Å². The number of halogens is 3. The molecule has 0 atom stereocenters. The van der Waals surface area contributed by atoms with Gasteiger partial charge in [0.2, 0.25) is 0 Å². The molecule has 0 saturated carbocycles. The molecular weight excluding hydrogens is 341 g/mol. The Kier molecular flexibility index (Phi) is 5.61. The number of rotatable bonds is 4. The Balaban J connectivity index is 1.63. The van der Waals surface area contributed by atoms with Gasteiger partial charge in [0.25, 0.3) is 5.91 Å². The van der Waals surface area contributed by atoms with E-state index in [0.29, 0.717) is 31.5 Å². The number of nitrogens with one attached hydrogen (secondary N) is 1. The van der Waals surface area contributed by atoms with Gasteiger partial charge in [-0.2, -0.15) is 13.2 Å². The maximum atomic E-state index is 12.7. The van der Waals surface area contributed by atoms with E-state index in [0.717, 1.165) is 11.1 Å². The van der Waals surface area contributed by atoms with E-state index in [1.54, 1.807) is 6.07 Å². The maximum Gasteiger partial charge on any atom is 0.401 e. The SMILES string of the molecule is O=C(NC1CCN(CC(F)(F)F)CC1)c1ccccc1-c1ccccc1. The van der Waals surface area contributed by atoms with Crippen molar-refractivity contribution in [2.45, 2.75) is 25.1 Å². The molecule has 1 aliphatic heterocycles. The first kappa shape index (κ1) is 18.5. The quantitative estimate of drug-likeness (QED) is 0.888. The van der Waals surface area contributed by atoms with Gasteiger partial charge in [-0.05, 0) is 30.0 Å². The van der Waals surface area contributed by atoms with Crippen LogP contribution in [0.25, 0.3) is 11.1 Å². The summed E-state index contributed by atoms with van der Waals surface area (Å²) < 4.78 is 37.4. The molecule has 2 aromatic carbocycles. The minimum atomic E-state index is -4.18. The maximum absolute atomic E-state index is 12.7. The lowest BCUT2D eigenvalue weighted by Gasteiger charge is -2.32. The third kappa shape index (κ3) is 4.85. The fourth-order valence-electron chi connectivity index (χ4n) is 3.30. The van der Waals surface area contributed by atoms with Crippen molar-refractivity contribution in [3.8, 4) is 11.1 Å². The molecule has 3 rings (SSSR count). The number of hydrogen-bond donors (Lipinski definition) is 1. The van der Waals surface area contributed by atoms with Crippen LogP contribution in [0.2, 0.25) is 0 Å². The Labute approximate surface area is 150 Å². The lowest BCUT2D eigenvalue weighted by atomic mass is 9.98. The molecule has 26 heavy (non-hydrogen) atoms. The van der Waals surface area contributed by atoms with Gasteiger partial charge >= 0.3 is 6.18 Å². The predicted molar refractivity (Wildman–Crippen MR) is 94.9 cm³/mol. The number of carbonyl (C=O) groups is 1. The molecule has 1 N–H and O–H groups in total. The molecule has 0 bridgehead atoms. The van der Waals surface area contributed by atoms with Crippen molar-refractivity contribution in [1.29, 1.82) is 0 Å². The number of likely N-dealkylation sites (tertiary alicyclic amines) is 1. The summed E-state index contributed by atoms with van der Waals surface area (Å²) in [6.45, 7) is -0.208. The lowest BCUT2D eigenvalue weighted by molar-refractivity contribution is -0.148. The van der Waals surface area contributed by atoms with Crippen LogP contribution in [0.15, 0.2) is 54.6 Å². The zero-order valence-corrected chi connectivity index (χ0v) is 14.3. The van der Waals surface area contributed by atoms with Gasteiger partial charge in [-0.25, -0.2) is 0 Å². The number of carbonyl (C=O) groups excluding carboxylic acids is 1. The van der Waals surface area contributed by atoms with Gasteiger partial charge in [0, 0.05) is 24.7 Å². The Morgan fingerprint density at radius 3 is 2.27 bits per heavy atom. The minimum absolute atomic E-state index is 0.101. The molecule has 1 amide bonds. The Hall–Kier alpha value is -2.34. The highest BCUT2D eigenvalue weighted by molar-refractivity contribution is 6.01. The van der Waals surface area contributed by atoms with Crippen LogP contribution in [-0.2, 0) is 0 Å². The molecule has 0 aliphatic carbocycles. The molecule has 3 nitrogen and oxygen atoms in total. The van der Waals surface area contributed by atoms with Gasteiger partial charge in [0.1, 0.15) is 0 Å². The summed E-state index contributed by atoms with van der Waals surface area (Å²) in [5, 5.41) is 2.98. The first-order chi connectivity index (χ1) is 12.4. The molecule has 6 heteroatoms. The molecule has 0 radical (unpaired) electrons. The summed E-state index contributed by atoms with van der Waals surface area (Å²) >= 11 is 0. The van der Waals surface area contributed by atoms with Crippen LogP contribution < -0.4 is 5.32 Å². The molecule has 0 aromatic heterocycles. The van der Waals surface area contributed by atoms with Crippen LogP contribution in [-0.4, -0.2) is 42.7 Å². The third-order valence-corrected chi connectivity index (χ3v) is 4.58. The van der Waals surface area contributed by atoms with E-state index in [1.807, 2.05) is 48.5 Å². The largest absolute Gasteiger partial charge is 0.401 e. The van der Waals surface area contributed by atoms with E-state index in [-0.39, 0.29) is 11.9 Å². The second kappa shape index (κ2) is 7.91. The van der Waals surface area contributed by atoms with Crippen molar-refractivity contribution in [1.82, 2.24) is 10.2 Å². The van der Waals surface area contributed by atoms with Gasteiger partial charge in [-0.15, -0.1) is 0 Å². The zero-order chi connectivity index (χ0) is 18.6. The van der Waals surface area contributed by atoms with Gasteiger partial charge in [0.05, 0.1) is 6.54 Å². The summed E-state index contributed by atoms with van der Waals surface area (Å²) in [7, 11) is 0. The predicted octanol–water partition coefficient (Wildman–Crippen LogP) is 4.11. The highest BCUT2D eigenvalue weighted by atomic mass is 19.4. The van der Waals surface area contributed by atoms with Crippen molar-refractivity contribution in [2.24, 2.45) is 0 Å². The van der Waals surface area contributed by atoms with Gasteiger partial charge in [-0.1, -0.05) is 48.5 Å². The van der Waals surface area contributed by atoms with E-state index in [4.69, 9.17) is 0 Å². The second-order valence-corrected chi connectivity index (χ2v) is 6.55. The standard InChI is InChI=1S/C20H21F3N2O/c21-20(22,23)14-25-12-10-16(11-13-25)24-19(26)18-9-5-4-8-17(18)15-6-2-1-3-7-15/h1-9,16H,10-14H2,(H,24,26). The second-order valence-electron chi connectivity index (χ2n) is 6.55. The lowest BCUT2D eigenvalue weighted by Crippen LogP contribution is -2.47. The van der Waals surface area contributed by atoms with Crippen LogP contribution in [0.4, 0.5) is 13.2 Å². The van der Waals surface area contributed by atoms with E-state index < -0.39 is 12.7 Å². The number of alkyl halides is 3. The summed E-state index contributed by atoms with van der Waals surface area (Å²) in [5.74, 6) is -0.182. The van der Waals surface area contributed by atoms with E-state index >= 15 is 0 Å². The monoisotopic (exact) mass is 362 g/mol. The van der Waals surface area contributed by atoms with Crippen LogP contribution in [0.3, 0.4) is 0 Å². The van der Waals surface area contributed by atoms with Crippen molar-refractivity contribution in [3.05, 3.63) is 60.2 Å². The molecule has 1 saturated heterocycles. The van der Waals surface area contributed by atoms with Gasteiger partial charge < -0.3 is 5.32 Å². The average molecular weight is 362 g/mol. The zero-order valence-electron chi connectivity index (χ0n) is 14.3. The average Bonchev–Trinajstić information content (AvgIpc) is 2.63. The van der Waals surface area contributed by atoms with Crippen molar-refractivity contribution >= 4 is 5.91 Å². The summed E-state index contributed by atoms with van der Waals surface area (Å²) in [5.41, 5.74) is 2.38. The van der Waals surface area contributed by atoms with Crippen LogP contribution >= 0.6 is 0 Å². The number of benzene rings is 2. The first-order valence-electron chi connectivity index (χ1n) is 8.67. The minimum Gasteiger partial charge on any atom is -0.349 e. The first-order valence-corrected chi connectivity index (χ1v) is 8.67. The van der Waals surface area contributed by atoms with Crippen LogP contribution in [0.5, 0.6) is 0 Å². The van der Waals surface area contributed by atoms with Crippen LogP contribution in [0, 0.1) is 0 Å². The molecule has 2 aromatic rings. The fraction of sp³-hybridized carbons (Fsp3) is 0.350. The summed E-state index contributed by atoms with van der Waals surface area (Å²) in [6.07, 6.45) is -3.13. The summed E-state index contributed by atoms with van der Waals surface area (Å²) in [4.78, 5) is 14.1. The topological polar surface area (TPSA) is 32.3 Å². The van der Waals surface area contributed by atoms with Gasteiger partial charge in [0.15, 0.2) is 0 Å². The molecule has 1 heterocycles. The third-order valence-electron chi connectivity index (χ3n) is 4.58. The highest BCUT2D eigenvalue weighted by Gasteiger charge is 2.32. The molecule has 1 fully saturated rings. The Morgan fingerprint density at radius 1 is 1.00 bits per heavy atom. The Morgan fingerprint density at radius 2 is 1.62 bits per heavy atom. The number of hydrogen-bond acceptors (Lipinski definition) is 2. The molecular formula is C20H21F3N2O. The number of piperidine rings is 1. The van der Waals surface area contributed by atoms with Crippen LogP contribution in [0.1, 0.15) is 23.2 Å². The van der Waals surface area contributed by atoms with E-state index in [2.05, 4.69) is 5.32 Å².